The fourth-order valence-electron chi connectivity index (χ4n) is 3.68. The lowest BCUT2D eigenvalue weighted by atomic mass is 9.70. The van der Waals surface area contributed by atoms with E-state index in [0.29, 0.717) is 12.3 Å². The van der Waals surface area contributed by atoms with Crippen molar-refractivity contribution in [2.24, 2.45) is 11.8 Å². The first-order chi connectivity index (χ1) is 10.2. The van der Waals surface area contributed by atoms with Crippen LogP contribution in [0.25, 0.3) is 0 Å². The minimum Gasteiger partial charge on any atom is -0.381 e. The van der Waals surface area contributed by atoms with Crippen molar-refractivity contribution in [2.45, 2.75) is 32.1 Å². The molecule has 4 nitrogen and oxygen atoms in total. The Bertz CT molecular complexity index is 549. The van der Waals surface area contributed by atoms with Crippen LogP contribution < -0.4 is 5.32 Å². The predicted octanol–water partition coefficient (Wildman–Crippen LogP) is 2.17. The number of piperidine rings is 1. The summed E-state index contributed by atoms with van der Waals surface area (Å²) < 4.78 is 5.42. The number of amides is 2. The second kappa shape index (κ2) is 5.98. The number of hydrogen-bond donors (Lipinski definition) is 1. The Morgan fingerprint density at radius 2 is 1.86 bits per heavy atom. The first-order valence-corrected chi connectivity index (χ1v) is 7.64. The Morgan fingerprint density at radius 1 is 1.14 bits per heavy atom. The van der Waals surface area contributed by atoms with Crippen molar-refractivity contribution in [2.75, 3.05) is 13.2 Å². The maximum absolute atomic E-state index is 12.4. The number of hydrogen-bond acceptors (Lipinski definition) is 3. The summed E-state index contributed by atoms with van der Waals surface area (Å²) in [5, 5.41) is 2.52. The molecule has 2 amide bonds. The summed E-state index contributed by atoms with van der Waals surface area (Å²) in [6.45, 7) is 3.50. The Balaban J connectivity index is 1.94. The van der Waals surface area contributed by atoms with Crippen molar-refractivity contribution in [3.05, 3.63) is 35.4 Å². The van der Waals surface area contributed by atoms with Gasteiger partial charge >= 0.3 is 0 Å². The minimum absolute atomic E-state index is 0.0937. The molecule has 112 valence electrons. The summed E-state index contributed by atoms with van der Waals surface area (Å²) in [5.74, 6) is -0.0139. The van der Waals surface area contributed by atoms with E-state index in [2.05, 4.69) is 5.32 Å². The monoisotopic (exact) mass is 287 g/mol. The zero-order valence-electron chi connectivity index (χ0n) is 12.3. The highest BCUT2D eigenvalue weighted by Gasteiger charge is 2.41. The summed E-state index contributed by atoms with van der Waals surface area (Å²) >= 11 is 0. The largest absolute Gasteiger partial charge is 0.381 e. The number of carbonyl (C=O) groups excluding carboxylic acids is 2. The van der Waals surface area contributed by atoms with Crippen LogP contribution in [0.15, 0.2) is 24.3 Å². The van der Waals surface area contributed by atoms with Gasteiger partial charge in [-0.3, -0.25) is 14.9 Å². The number of carbonyl (C=O) groups is 2. The average molecular weight is 287 g/mol. The molecule has 0 bridgehead atoms. The van der Waals surface area contributed by atoms with Crippen LogP contribution in [-0.2, 0) is 14.3 Å². The van der Waals surface area contributed by atoms with E-state index in [9.17, 15) is 9.59 Å². The molecule has 1 N–H and O–H groups in total. The normalized spacial score (nSPS) is 27.5. The van der Waals surface area contributed by atoms with E-state index in [1.165, 1.54) is 0 Å². The highest BCUT2D eigenvalue weighted by Crippen LogP contribution is 2.40. The first kappa shape index (κ1) is 14.3. The van der Waals surface area contributed by atoms with Gasteiger partial charge in [0, 0.05) is 19.6 Å². The number of rotatable bonds is 2. The van der Waals surface area contributed by atoms with Crippen LogP contribution in [0.5, 0.6) is 0 Å². The van der Waals surface area contributed by atoms with Crippen LogP contribution >= 0.6 is 0 Å². The SMILES string of the molecule is Cc1ccccc1C1C(=O)NC(=O)CC1C1CCOCC1. The molecule has 4 heteroatoms. The quantitative estimate of drug-likeness (QED) is 0.848. The van der Waals surface area contributed by atoms with Gasteiger partial charge in [0.05, 0.1) is 5.92 Å². The minimum atomic E-state index is -0.216. The van der Waals surface area contributed by atoms with Gasteiger partial charge in [-0.15, -0.1) is 0 Å². The summed E-state index contributed by atoms with van der Waals surface area (Å²) in [4.78, 5) is 24.3. The van der Waals surface area contributed by atoms with Gasteiger partial charge in [-0.25, -0.2) is 0 Å². The third kappa shape index (κ3) is 2.86. The first-order valence-electron chi connectivity index (χ1n) is 7.64. The molecule has 2 aliphatic heterocycles. The van der Waals surface area contributed by atoms with E-state index in [4.69, 9.17) is 4.74 Å². The second-order valence-corrected chi connectivity index (χ2v) is 6.06. The van der Waals surface area contributed by atoms with Gasteiger partial charge in [-0.1, -0.05) is 24.3 Å². The lowest BCUT2D eigenvalue weighted by Crippen LogP contribution is -2.47. The number of imide groups is 1. The van der Waals surface area contributed by atoms with Gasteiger partial charge in [0.25, 0.3) is 0 Å². The van der Waals surface area contributed by atoms with Crippen LogP contribution in [0, 0.1) is 18.8 Å². The molecule has 0 aliphatic carbocycles. The molecular weight excluding hydrogens is 266 g/mol. The van der Waals surface area contributed by atoms with Crippen molar-refractivity contribution >= 4 is 11.8 Å². The molecule has 2 unspecified atom stereocenters. The number of nitrogens with one attached hydrogen (secondary N) is 1. The van der Waals surface area contributed by atoms with Gasteiger partial charge in [-0.2, -0.15) is 0 Å². The topological polar surface area (TPSA) is 55.4 Å². The Labute approximate surface area is 124 Å². The van der Waals surface area contributed by atoms with Crippen LogP contribution in [-0.4, -0.2) is 25.0 Å². The van der Waals surface area contributed by atoms with E-state index in [-0.39, 0.29) is 23.7 Å². The van der Waals surface area contributed by atoms with Crippen LogP contribution in [0.2, 0.25) is 0 Å². The van der Waals surface area contributed by atoms with Crippen molar-refractivity contribution in [3.8, 4) is 0 Å². The van der Waals surface area contributed by atoms with E-state index in [1.54, 1.807) is 0 Å². The average Bonchev–Trinajstić information content (AvgIpc) is 2.49. The summed E-state index contributed by atoms with van der Waals surface area (Å²) in [6.07, 6.45) is 2.32. The number of aryl methyl sites for hydroxylation is 1. The van der Waals surface area contributed by atoms with E-state index >= 15 is 0 Å². The molecule has 1 aromatic rings. The molecule has 21 heavy (non-hydrogen) atoms. The molecular formula is C17H21NO3. The third-order valence-electron chi connectivity index (χ3n) is 4.79. The number of ether oxygens (including phenoxy) is 1. The maximum atomic E-state index is 12.4. The van der Waals surface area contributed by atoms with Crippen LogP contribution in [0.4, 0.5) is 0 Å². The molecule has 3 rings (SSSR count). The molecule has 2 atom stereocenters. The van der Waals surface area contributed by atoms with Crippen molar-refractivity contribution in [1.82, 2.24) is 5.32 Å². The molecule has 0 spiro atoms. The Morgan fingerprint density at radius 3 is 2.57 bits per heavy atom. The van der Waals surface area contributed by atoms with Crippen LogP contribution in [0.3, 0.4) is 0 Å². The third-order valence-corrected chi connectivity index (χ3v) is 4.79. The van der Waals surface area contributed by atoms with Crippen molar-refractivity contribution in [3.63, 3.8) is 0 Å². The van der Waals surface area contributed by atoms with Gasteiger partial charge in [-0.05, 0) is 42.7 Å². The standard InChI is InChI=1S/C17H21NO3/c1-11-4-2-3-5-13(11)16-14(10-15(19)18-17(16)20)12-6-8-21-9-7-12/h2-5,12,14,16H,6-10H2,1H3,(H,18,19,20). The van der Waals surface area contributed by atoms with Gasteiger partial charge in [0.15, 0.2) is 0 Å². The Kier molecular flexibility index (Phi) is 4.06. The molecule has 1 aromatic carbocycles. The zero-order valence-corrected chi connectivity index (χ0v) is 12.3. The molecule has 2 fully saturated rings. The Hall–Kier alpha value is -1.68. The summed E-state index contributed by atoms with van der Waals surface area (Å²) in [7, 11) is 0. The zero-order chi connectivity index (χ0) is 14.8. The lowest BCUT2D eigenvalue weighted by Gasteiger charge is -2.38. The van der Waals surface area contributed by atoms with Crippen molar-refractivity contribution in [1.29, 1.82) is 0 Å². The predicted molar refractivity (Wildman–Crippen MR) is 78.7 cm³/mol. The fourth-order valence-corrected chi connectivity index (χ4v) is 3.68. The second-order valence-electron chi connectivity index (χ2n) is 6.06. The number of benzene rings is 1. The molecule has 2 heterocycles. The van der Waals surface area contributed by atoms with E-state index in [0.717, 1.165) is 37.2 Å². The van der Waals surface area contributed by atoms with Gasteiger partial charge in [0.2, 0.25) is 11.8 Å². The van der Waals surface area contributed by atoms with Gasteiger partial charge in [0.1, 0.15) is 0 Å². The summed E-state index contributed by atoms with van der Waals surface area (Å²) in [6, 6.07) is 7.99. The highest BCUT2D eigenvalue weighted by atomic mass is 16.5. The van der Waals surface area contributed by atoms with Crippen LogP contribution in [0.1, 0.15) is 36.3 Å². The molecule has 0 saturated carbocycles. The maximum Gasteiger partial charge on any atom is 0.234 e. The van der Waals surface area contributed by atoms with E-state index < -0.39 is 0 Å². The highest BCUT2D eigenvalue weighted by molar-refractivity contribution is 6.01. The molecule has 0 aromatic heterocycles. The molecule has 2 saturated heterocycles. The molecule has 2 aliphatic rings. The van der Waals surface area contributed by atoms with Gasteiger partial charge < -0.3 is 4.74 Å². The smallest absolute Gasteiger partial charge is 0.234 e. The molecule has 0 radical (unpaired) electrons. The summed E-state index contributed by atoms with van der Waals surface area (Å²) in [5.41, 5.74) is 2.17. The van der Waals surface area contributed by atoms with E-state index in [1.807, 2.05) is 31.2 Å². The fraction of sp³-hybridized carbons (Fsp3) is 0.529. The lowest BCUT2D eigenvalue weighted by molar-refractivity contribution is -0.138. The van der Waals surface area contributed by atoms with Crippen molar-refractivity contribution < 1.29 is 14.3 Å².